The lowest BCUT2D eigenvalue weighted by Gasteiger charge is -2.17. The molecule has 2 nitrogen and oxygen atoms in total. The zero-order valence-electron chi connectivity index (χ0n) is 11.3. The second-order valence-electron chi connectivity index (χ2n) is 6.00. The molecular formula is C15H19ClO2. The zero-order chi connectivity index (χ0) is 13.5. The van der Waals surface area contributed by atoms with Crippen LogP contribution in [0.25, 0.3) is 0 Å². The van der Waals surface area contributed by atoms with Crippen molar-refractivity contribution in [1.29, 1.82) is 0 Å². The summed E-state index contributed by atoms with van der Waals surface area (Å²) in [5.41, 5.74) is 1.85. The molecule has 2 rings (SSSR count). The molecule has 0 N–H and O–H groups in total. The third-order valence-corrected chi connectivity index (χ3v) is 3.61. The first-order valence-electron chi connectivity index (χ1n) is 6.29. The van der Waals surface area contributed by atoms with E-state index in [0.717, 1.165) is 23.3 Å². The van der Waals surface area contributed by atoms with Gasteiger partial charge in [0, 0.05) is 23.8 Å². The van der Waals surface area contributed by atoms with Crippen molar-refractivity contribution in [3.63, 3.8) is 0 Å². The van der Waals surface area contributed by atoms with Crippen molar-refractivity contribution in [3.05, 3.63) is 28.3 Å². The van der Waals surface area contributed by atoms with E-state index >= 15 is 0 Å². The average Bonchev–Trinajstić information content (AvgIpc) is 2.63. The molecule has 0 amide bonds. The summed E-state index contributed by atoms with van der Waals surface area (Å²) >= 11 is 6.12. The number of ether oxygens (including phenoxy) is 1. The van der Waals surface area contributed by atoms with Crippen molar-refractivity contribution >= 4 is 17.4 Å². The van der Waals surface area contributed by atoms with Gasteiger partial charge in [-0.3, -0.25) is 4.79 Å². The van der Waals surface area contributed by atoms with Gasteiger partial charge in [0.15, 0.2) is 0 Å². The monoisotopic (exact) mass is 266 g/mol. The van der Waals surface area contributed by atoms with E-state index in [4.69, 9.17) is 16.3 Å². The summed E-state index contributed by atoms with van der Waals surface area (Å²) in [6, 6.07) is 3.77. The maximum Gasteiger partial charge on any atom is 0.142 e. The molecule has 3 heteroatoms. The molecule has 1 aliphatic heterocycles. The van der Waals surface area contributed by atoms with Crippen LogP contribution in [0.5, 0.6) is 5.75 Å². The molecule has 1 aliphatic rings. The lowest BCUT2D eigenvalue weighted by Crippen LogP contribution is -2.22. The molecule has 1 unspecified atom stereocenters. The van der Waals surface area contributed by atoms with E-state index < -0.39 is 0 Å². The lowest BCUT2D eigenvalue weighted by molar-refractivity contribution is -0.125. The minimum absolute atomic E-state index is 0.142. The molecule has 18 heavy (non-hydrogen) atoms. The van der Waals surface area contributed by atoms with Gasteiger partial charge in [0.2, 0.25) is 0 Å². The Kier molecular flexibility index (Phi) is 3.41. The number of carbonyl (C=O) groups excluding carboxylic acids is 1. The van der Waals surface area contributed by atoms with Crippen LogP contribution < -0.4 is 4.74 Å². The number of ketones is 1. The molecule has 0 saturated carbocycles. The summed E-state index contributed by atoms with van der Waals surface area (Å²) in [6.45, 7) is 7.87. The van der Waals surface area contributed by atoms with Gasteiger partial charge in [-0.2, -0.15) is 0 Å². The Hall–Kier alpha value is -1.02. The first kappa shape index (κ1) is 13.4. The van der Waals surface area contributed by atoms with Crippen LogP contribution in [0.4, 0.5) is 0 Å². The van der Waals surface area contributed by atoms with Gasteiger partial charge in [0.1, 0.15) is 17.6 Å². The van der Waals surface area contributed by atoms with E-state index in [-0.39, 0.29) is 17.3 Å². The van der Waals surface area contributed by atoms with Crippen LogP contribution in [-0.2, 0) is 17.6 Å². The van der Waals surface area contributed by atoms with E-state index in [1.165, 1.54) is 0 Å². The molecular weight excluding hydrogens is 248 g/mol. The number of carbonyl (C=O) groups is 1. The number of hydrogen-bond donors (Lipinski definition) is 0. The highest BCUT2D eigenvalue weighted by Gasteiger charge is 2.28. The number of rotatable bonds is 2. The molecule has 1 aromatic rings. The molecule has 0 fully saturated rings. The number of halogens is 1. The topological polar surface area (TPSA) is 26.3 Å². The number of hydrogen-bond acceptors (Lipinski definition) is 2. The van der Waals surface area contributed by atoms with Crippen LogP contribution in [0.15, 0.2) is 12.1 Å². The molecule has 0 aliphatic carbocycles. The molecule has 0 radical (unpaired) electrons. The molecule has 0 spiro atoms. The van der Waals surface area contributed by atoms with Crippen molar-refractivity contribution < 1.29 is 9.53 Å². The number of fused-ring (bicyclic) bond motifs is 1. The minimum atomic E-state index is -0.308. The maximum absolute atomic E-state index is 12.1. The fraction of sp³-hybridized carbons (Fsp3) is 0.533. The predicted molar refractivity (Wildman–Crippen MR) is 73.4 cm³/mol. The molecule has 1 heterocycles. The van der Waals surface area contributed by atoms with Crippen LogP contribution in [0.3, 0.4) is 0 Å². The second-order valence-corrected chi connectivity index (χ2v) is 6.40. The third kappa shape index (κ3) is 2.54. The summed E-state index contributed by atoms with van der Waals surface area (Å²) in [6.07, 6.45) is 1.44. The van der Waals surface area contributed by atoms with Crippen molar-refractivity contribution in [3.8, 4) is 5.75 Å². The van der Waals surface area contributed by atoms with E-state index in [1.807, 2.05) is 39.8 Å². The Bertz CT molecular complexity index is 486. The zero-order valence-corrected chi connectivity index (χ0v) is 12.1. The Balaban J connectivity index is 2.32. The fourth-order valence-corrected chi connectivity index (χ4v) is 2.35. The van der Waals surface area contributed by atoms with Gasteiger partial charge in [-0.15, -0.1) is 0 Å². The van der Waals surface area contributed by atoms with Crippen molar-refractivity contribution in [2.45, 2.75) is 46.6 Å². The Morgan fingerprint density at radius 2 is 2.11 bits per heavy atom. The van der Waals surface area contributed by atoms with Crippen LogP contribution >= 0.6 is 11.6 Å². The maximum atomic E-state index is 12.1. The van der Waals surface area contributed by atoms with Gasteiger partial charge < -0.3 is 4.74 Å². The average molecular weight is 267 g/mol. The quantitative estimate of drug-likeness (QED) is 0.813. The largest absolute Gasteiger partial charge is 0.489 e. The molecule has 0 aromatic heterocycles. The normalized spacial score (nSPS) is 18.4. The smallest absolute Gasteiger partial charge is 0.142 e. The summed E-state index contributed by atoms with van der Waals surface area (Å²) in [5, 5.41) is 0.640. The number of benzene rings is 1. The van der Waals surface area contributed by atoms with Crippen LogP contribution in [0.2, 0.25) is 5.02 Å². The summed E-state index contributed by atoms with van der Waals surface area (Å²) < 4.78 is 5.70. The van der Waals surface area contributed by atoms with Crippen molar-refractivity contribution in [1.82, 2.24) is 0 Å². The van der Waals surface area contributed by atoms with Crippen molar-refractivity contribution in [2.24, 2.45) is 5.41 Å². The van der Waals surface area contributed by atoms with Gasteiger partial charge in [-0.05, 0) is 18.6 Å². The molecule has 0 bridgehead atoms. The van der Waals surface area contributed by atoms with Crippen LogP contribution in [-0.4, -0.2) is 11.9 Å². The SMILES string of the molecule is CC1Cc2c(CC(=O)C(C)(C)C)ccc(Cl)c2O1. The first-order valence-corrected chi connectivity index (χ1v) is 6.67. The van der Waals surface area contributed by atoms with Gasteiger partial charge >= 0.3 is 0 Å². The third-order valence-electron chi connectivity index (χ3n) is 3.31. The molecule has 0 saturated heterocycles. The Morgan fingerprint density at radius 1 is 1.44 bits per heavy atom. The highest BCUT2D eigenvalue weighted by Crippen LogP contribution is 2.38. The lowest BCUT2D eigenvalue weighted by atomic mass is 9.85. The summed E-state index contributed by atoms with van der Waals surface area (Å²) in [4.78, 5) is 12.1. The van der Waals surface area contributed by atoms with E-state index in [1.54, 1.807) is 0 Å². The Labute approximate surface area is 113 Å². The van der Waals surface area contributed by atoms with Gasteiger partial charge in [0.05, 0.1) is 5.02 Å². The highest BCUT2D eigenvalue weighted by atomic mass is 35.5. The van der Waals surface area contributed by atoms with E-state index in [2.05, 4.69) is 0 Å². The predicted octanol–water partition coefficient (Wildman–Crippen LogP) is 3.82. The van der Waals surface area contributed by atoms with Gasteiger partial charge in [-0.1, -0.05) is 38.4 Å². The molecule has 98 valence electrons. The summed E-state index contributed by atoms with van der Waals surface area (Å²) in [7, 11) is 0. The fourth-order valence-electron chi connectivity index (χ4n) is 2.13. The number of Topliss-reactive ketones (excluding diaryl/α,β-unsaturated/α-hetero) is 1. The first-order chi connectivity index (χ1) is 8.29. The van der Waals surface area contributed by atoms with Gasteiger partial charge in [-0.25, -0.2) is 0 Å². The van der Waals surface area contributed by atoms with Crippen LogP contribution in [0.1, 0.15) is 38.8 Å². The molecule has 1 atom stereocenters. The van der Waals surface area contributed by atoms with Crippen molar-refractivity contribution in [2.75, 3.05) is 0 Å². The van der Waals surface area contributed by atoms with E-state index in [9.17, 15) is 4.79 Å². The van der Waals surface area contributed by atoms with E-state index in [0.29, 0.717) is 11.4 Å². The second kappa shape index (κ2) is 4.58. The standard InChI is InChI=1S/C15H19ClO2/c1-9-7-11-10(8-13(17)15(2,3)4)5-6-12(16)14(11)18-9/h5-6,9H,7-8H2,1-4H3. The Morgan fingerprint density at radius 3 is 2.72 bits per heavy atom. The minimum Gasteiger partial charge on any atom is -0.489 e. The molecule has 1 aromatic carbocycles. The van der Waals surface area contributed by atoms with Crippen LogP contribution in [0, 0.1) is 5.41 Å². The highest BCUT2D eigenvalue weighted by molar-refractivity contribution is 6.32. The van der Waals surface area contributed by atoms with Gasteiger partial charge in [0.25, 0.3) is 0 Å². The summed E-state index contributed by atoms with van der Waals surface area (Å²) in [5.74, 6) is 1.01.